The van der Waals surface area contributed by atoms with Crippen molar-refractivity contribution in [3.8, 4) is 11.8 Å². The number of amides is 1. The Hall–Kier alpha value is -1.83. The average Bonchev–Trinajstić information content (AvgIpc) is 2.48. The molecule has 1 aromatic rings. The van der Waals surface area contributed by atoms with E-state index in [-0.39, 0.29) is 18.1 Å². The summed E-state index contributed by atoms with van der Waals surface area (Å²) in [6, 6.07) is 7.62. The maximum absolute atomic E-state index is 12.0. The van der Waals surface area contributed by atoms with Gasteiger partial charge in [0, 0.05) is 19.2 Å². The number of carbonyl (C=O) groups excluding carboxylic acids is 1. The van der Waals surface area contributed by atoms with E-state index in [1.807, 2.05) is 24.3 Å². The van der Waals surface area contributed by atoms with Gasteiger partial charge in [0.15, 0.2) is 0 Å². The molecule has 4 heteroatoms. The summed E-state index contributed by atoms with van der Waals surface area (Å²) in [6.07, 6.45) is 3.51. The first-order valence-electron chi connectivity index (χ1n) is 7.18. The molecule has 0 aliphatic heterocycles. The van der Waals surface area contributed by atoms with Crippen molar-refractivity contribution < 1.29 is 14.6 Å². The lowest BCUT2D eigenvalue weighted by atomic mass is 9.77. The van der Waals surface area contributed by atoms with E-state index in [2.05, 4.69) is 17.2 Å². The number of benzene rings is 1. The molecule has 0 unspecified atom stereocenters. The van der Waals surface area contributed by atoms with Crippen molar-refractivity contribution in [2.24, 2.45) is 0 Å². The van der Waals surface area contributed by atoms with Gasteiger partial charge in [0.25, 0.3) is 0 Å². The summed E-state index contributed by atoms with van der Waals surface area (Å²) in [5.74, 6) is 5.47. The van der Waals surface area contributed by atoms with Crippen LogP contribution in [0.25, 0.3) is 0 Å². The van der Waals surface area contributed by atoms with Crippen LogP contribution in [0.1, 0.15) is 36.8 Å². The number of hydrogen-bond donors (Lipinski definition) is 2. The summed E-state index contributed by atoms with van der Waals surface area (Å²) in [5, 5.41) is 11.6. The number of ether oxygens (including phenoxy) is 1. The quantitative estimate of drug-likeness (QED) is 0.809. The molecule has 2 N–H and O–H groups in total. The maximum atomic E-state index is 12.0. The fourth-order valence-corrected chi connectivity index (χ4v) is 2.43. The lowest BCUT2D eigenvalue weighted by Crippen LogP contribution is -2.43. The van der Waals surface area contributed by atoms with Crippen molar-refractivity contribution in [3.63, 3.8) is 0 Å². The number of nitrogens with one attached hydrogen (secondary N) is 1. The third kappa shape index (κ3) is 4.32. The van der Waals surface area contributed by atoms with Gasteiger partial charge in [0.05, 0.1) is 12.0 Å². The molecule has 2 rings (SSSR count). The van der Waals surface area contributed by atoms with Crippen molar-refractivity contribution in [2.45, 2.75) is 37.8 Å². The highest BCUT2D eigenvalue weighted by Crippen LogP contribution is 2.37. The summed E-state index contributed by atoms with van der Waals surface area (Å²) in [7, 11) is 1.68. The van der Waals surface area contributed by atoms with Crippen molar-refractivity contribution in [3.05, 3.63) is 35.4 Å². The number of aliphatic hydroxyl groups excluding tert-OH is 1. The van der Waals surface area contributed by atoms with Crippen LogP contribution in [0.3, 0.4) is 0 Å². The van der Waals surface area contributed by atoms with Gasteiger partial charge in [-0.1, -0.05) is 24.0 Å². The molecule has 4 nitrogen and oxygen atoms in total. The molecule has 0 bridgehead atoms. The van der Waals surface area contributed by atoms with Crippen molar-refractivity contribution in [1.29, 1.82) is 0 Å². The van der Waals surface area contributed by atoms with Crippen molar-refractivity contribution in [2.75, 3.05) is 13.7 Å². The highest BCUT2D eigenvalue weighted by molar-refractivity contribution is 5.77. The molecule has 1 fully saturated rings. The fourth-order valence-electron chi connectivity index (χ4n) is 2.43. The first-order chi connectivity index (χ1) is 10.2. The first-order valence-corrected chi connectivity index (χ1v) is 7.18. The molecule has 1 amide bonds. The van der Waals surface area contributed by atoms with Gasteiger partial charge in [0.2, 0.25) is 5.91 Å². The molecule has 1 aromatic carbocycles. The van der Waals surface area contributed by atoms with E-state index >= 15 is 0 Å². The van der Waals surface area contributed by atoms with Gasteiger partial charge in [-0.05, 0) is 37.0 Å². The predicted molar refractivity (Wildman–Crippen MR) is 80.5 cm³/mol. The van der Waals surface area contributed by atoms with Crippen molar-refractivity contribution >= 4 is 5.91 Å². The van der Waals surface area contributed by atoms with Gasteiger partial charge in [-0.2, -0.15) is 0 Å². The Morgan fingerprint density at radius 2 is 2.10 bits per heavy atom. The number of methoxy groups -OCH3 is 1. The van der Waals surface area contributed by atoms with Crippen LogP contribution in [-0.4, -0.2) is 30.3 Å². The number of carbonyl (C=O) groups is 1. The third-order valence-electron chi connectivity index (χ3n) is 3.94. The largest absolute Gasteiger partial charge is 0.384 e. The fraction of sp³-hybridized carbons (Fsp3) is 0.471. The van der Waals surface area contributed by atoms with E-state index in [1.54, 1.807) is 7.11 Å². The standard InChI is InChI=1S/C17H21NO3/c1-21-17(9-3-10-17)12-16(20)18-13-15-7-5-14(6-8-15)4-2-11-19/h5-8,19H,3,9-13H2,1H3,(H,18,20). The zero-order valence-corrected chi connectivity index (χ0v) is 12.3. The minimum atomic E-state index is -0.228. The van der Waals surface area contributed by atoms with Crippen LogP contribution in [-0.2, 0) is 16.1 Å². The number of rotatable bonds is 5. The minimum Gasteiger partial charge on any atom is -0.384 e. The van der Waals surface area contributed by atoms with Crippen LogP contribution in [0.5, 0.6) is 0 Å². The Balaban J connectivity index is 1.81. The third-order valence-corrected chi connectivity index (χ3v) is 3.94. The van der Waals surface area contributed by atoms with E-state index < -0.39 is 0 Å². The first kappa shape index (κ1) is 15.6. The van der Waals surface area contributed by atoms with Crippen LogP contribution in [0.4, 0.5) is 0 Å². The van der Waals surface area contributed by atoms with Gasteiger partial charge in [-0.3, -0.25) is 4.79 Å². The second kappa shape index (κ2) is 7.26. The molecule has 21 heavy (non-hydrogen) atoms. The van der Waals surface area contributed by atoms with Gasteiger partial charge >= 0.3 is 0 Å². The molecule has 0 spiro atoms. The van der Waals surface area contributed by atoms with E-state index in [0.29, 0.717) is 13.0 Å². The molecular formula is C17H21NO3. The maximum Gasteiger partial charge on any atom is 0.223 e. The second-order valence-corrected chi connectivity index (χ2v) is 5.35. The molecular weight excluding hydrogens is 266 g/mol. The van der Waals surface area contributed by atoms with E-state index in [4.69, 9.17) is 9.84 Å². The Morgan fingerprint density at radius 1 is 1.38 bits per heavy atom. The number of aliphatic hydroxyl groups is 1. The highest BCUT2D eigenvalue weighted by atomic mass is 16.5. The normalized spacial score (nSPS) is 15.5. The van der Waals surface area contributed by atoms with Crippen LogP contribution in [0.2, 0.25) is 0 Å². The van der Waals surface area contributed by atoms with E-state index in [9.17, 15) is 4.79 Å². The lowest BCUT2D eigenvalue weighted by molar-refractivity contribution is -0.134. The topological polar surface area (TPSA) is 58.6 Å². The molecule has 1 aliphatic carbocycles. The molecule has 1 saturated carbocycles. The Morgan fingerprint density at radius 3 is 2.62 bits per heavy atom. The van der Waals surface area contributed by atoms with Gasteiger partial charge in [0.1, 0.15) is 6.61 Å². The summed E-state index contributed by atoms with van der Waals surface area (Å²) < 4.78 is 5.45. The molecule has 0 aromatic heterocycles. The molecule has 0 heterocycles. The summed E-state index contributed by atoms with van der Waals surface area (Å²) in [5.41, 5.74) is 1.65. The summed E-state index contributed by atoms with van der Waals surface area (Å²) in [4.78, 5) is 12.0. The molecule has 112 valence electrons. The van der Waals surface area contributed by atoms with Crippen LogP contribution < -0.4 is 5.32 Å². The number of hydrogen-bond acceptors (Lipinski definition) is 3. The smallest absolute Gasteiger partial charge is 0.223 e. The highest BCUT2D eigenvalue weighted by Gasteiger charge is 2.38. The molecule has 0 saturated heterocycles. The predicted octanol–water partition coefficient (Wildman–Crippen LogP) is 1.61. The Bertz CT molecular complexity index is 530. The SMILES string of the molecule is COC1(CC(=O)NCc2ccc(C#CCO)cc2)CCC1. The van der Waals surface area contributed by atoms with Crippen LogP contribution in [0, 0.1) is 11.8 Å². The van der Waals surface area contributed by atoms with Gasteiger partial charge in [-0.15, -0.1) is 0 Å². The van der Waals surface area contributed by atoms with Gasteiger partial charge in [-0.25, -0.2) is 0 Å². The molecule has 1 aliphatic rings. The van der Waals surface area contributed by atoms with Crippen molar-refractivity contribution in [1.82, 2.24) is 5.32 Å². The minimum absolute atomic E-state index is 0.0284. The van der Waals surface area contributed by atoms with Gasteiger partial charge < -0.3 is 15.2 Å². The van der Waals surface area contributed by atoms with Crippen LogP contribution >= 0.6 is 0 Å². The second-order valence-electron chi connectivity index (χ2n) is 5.35. The average molecular weight is 287 g/mol. The summed E-state index contributed by atoms with van der Waals surface area (Å²) in [6.45, 7) is 0.366. The summed E-state index contributed by atoms with van der Waals surface area (Å²) >= 11 is 0. The van der Waals surface area contributed by atoms with E-state index in [0.717, 1.165) is 30.4 Å². The molecule has 0 radical (unpaired) electrons. The van der Waals surface area contributed by atoms with E-state index in [1.165, 1.54) is 0 Å². The van der Waals surface area contributed by atoms with Crippen LogP contribution in [0.15, 0.2) is 24.3 Å². The monoisotopic (exact) mass is 287 g/mol. The zero-order valence-electron chi connectivity index (χ0n) is 12.3. The lowest BCUT2D eigenvalue weighted by Gasteiger charge is -2.39. The zero-order chi connectivity index (χ0) is 15.1. The Labute approximate surface area is 125 Å². The Kier molecular flexibility index (Phi) is 5.38. The molecule has 0 atom stereocenters.